The third-order valence-electron chi connectivity index (χ3n) is 4.34. The van der Waals surface area contributed by atoms with E-state index in [9.17, 15) is 9.59 Å². The summed E-state index contributed by atoms with van der Waals surface area (Å²) in [7, 11) is 0. The predicted octanol–water partition coefficient (Wildman–Crippen LogP) is 1.83. The maximum absolute atomic E-state index is 12.9. The zero-order valence-electron chi connectivity index (χ0n) is 11.6. The normalized spacial score (nSPS) is 22.7. The molecule has 3 rings (SSSR count). The van der Waals surface area contributed by atoms with Gasteiger partial charge in [0, 0.05) is 25.1 Å². The van der Waals surface area contributed by atoms with E-state index in [0.29, 0.717) is 19.5 Å². The zero-order chi connectivity index (χ0) is 14.0. The summed E-state index contributed by atoms with van der Waals surface area (Å²) in [4.78, 5) is 26.6. The highest BCUT2D eigenvalue weighted by molar-refractivity contribution is 5.93. The summed E-state index contributed by atoms with van der Waals surface area (Å²) in [5.41, 5.74) is 0.314. The number of amides is 2. The minimum Gasteiger partial charge on any atom is -0.472 e. The molecule has 5 heteroatoms. The zero-order valence-corrected chi connectivity index (χ0v) is 11.6. The van der Waals surface area contributed by atoms with Crippen LogP contribution in [0.15, 0.2) is 23.0 Å². The summed E-state index contributed by atoms with van der Waals surface area (Å²) >= 11 is 0. The maximum atomic E-state index is 12.9. The van der Waals surface area contributed by atoms with Gasteiger partial charge in [0.2, 0.25) is 11.8 Å². The van der Waals surface area contributed by atoms with Crippen LogP contribution in [-0.4, -0.2) is 28.8 Å². The number of nitrogens with zero attached hydrogens (tertiary/aromatic N) is 1. The number of nitrogens with one attached hydrogen (secondary N) is 1. The van der Waals surface area contributed by atoms with E-state index in [1.165, 1.54) is 0 Å². The summed E-state index contributed by atoms with van der Waals surface area (Å²) in [5.74, 6) is 0.0687. The van der Waals surface area contributed by atoms with Crippen LogP contribution in [0.1, 0.15) is 44.1 Å². The van der Waals surface area contributed by atoms with E-state index in [1.807, 2.05) is 6.07 Å². The van der Waals surface area contributed by atoms with Crippen LogP contribution >= 0.6 is 0 Å². The second-order valence-corrected chi connectivity index (χ2v) is 5.80. The average Bonchev–Trinajstić information content (AvgIpc) is 2.93. The summed E-state index contributed by atoms with van der Waals surface area (Å²) in [6, 6.07) is 1.86. The third kappa shape index (κ3) is 2.44. The summed E-state index contributed by atoms with van der Waals surface area (Å²) in [6.45, 7) is 1.00. The number of furan rings is 1. The van der Waals surface area contributed by atoms with Crippen LogP contribution in [0.2, 0.25) is 0 Å². The molecule has 2 fully saturated rings. The van der Waals surface area contributed by atoms with Crippen LogP contribution in [0.25, 0.3) is 0 Å². The Morgan fingerprint density at radius 3 is 2.75 bits per heavy atom. The van der Waals surface area contributed by atoms with Gasteiger partial charge >= 0.3 is 0 Å². The first-order valence-corrected chi connectivity index (χ1v) is 7.31. The molecule has 1 N–H and O–H groups in total. The first kappa shape index (κ1) is 13.2. The molecule has 1 aromatic rings. The van der Waals surface area contributed by atoms with Crippen LogP contribution in [0.3, 0.4) is 0 Å². The molecule has 0 radical (unpaired) electrons. The van der Waals surface area contributed by atoms with Gasteiger partial charge in [0.1, 0.15) is 5.54 Å². The fourth-order valence-electron chi connectivity index (χ4n) is 3.27. The SMILES string of the molecule is O=C1CCN(Cc2ccoc2)C(=O)C2(CCCCC2)N1. The van der Waals surface area contributed by atoms with Crippen molar-refractivity contribution >= 4 is 11.8 Å². The van der Waals surface area contributed by atoms with Gasteiger partial charge in [-0.25, -0.2) is 0 Å². The second kappa shape index (κ2) is 5.31. The van der Waals surface area contributed by atoms with E-state index < -0.39 is 5.54 Å². The molecule has 2 amide bonds. The summed E-state index contributed by atoms with van der Waals surface area (Å²) < 4.78 is 5.06. The van der Waals surface area contributed by atoms with Crippen molar-refractivity contribution in [1.82, 2.24) is 10.2 Å². The molecule has 2 aliphatic rings. The van der Waals surface area contributed by atoms with Crippen molar-refractivity contribution in [3.63, 3.8) is 0 Å². The van der Waals surface area contributed by atoms with Crippen molar-refractivity contribution in [2.45, 2.75) is 50.6 Å². The highest BCUT2D eigenvalue weighted by Gasteiger charge is 2.44. The lowest BCUT2D eigenvalue weighted by atomic mass is 9.80. The number of carbonyl (C=O) groups is 2. The van der Waals surface area contributed by atoms with Gasteiger partial charge in [-0.15, -0.1) is 0 Å². The Morgan fingerprint density at radius 2 is 2.05 bits per heavy atom. The van der Waals surface area contributed by atoms with Gasteiger partial charge in [0.15, 0.2) is 0 Å². The van der Waals surface area contributed by atoms with Crippen molar-refractivity contribution in [2.75, 3.05) is 6.54 Å². The molecule has 1 aliphatic heterocycles. The van der Waals surface area contributed by atoms with E-state index in [2.05, 4.69) is 5.32 Å². The Kier molecular flexibility index (Phi) is 3.51. The van der Waals surface area contributed by atoms with Crippen molar-refractivity contribution in [3.05, 3.63) is 24.2 Å². The fraction of sp³-hybridized carbons (Fsp3) is 0.600. The van der Waals surface area contributed by atoms with Gasteiger partial charge in [-0.3, -0.25) is 9.59 Å². The quantitative estimate of drug-likeness (QED) is 0.896. The molecule has 1 aliphatic carbocycles. The number of hydrogen-bond donors (Lipinski definition) is 1. The largest absolute Gasteiger partial charge is 0.472 e. The third-order valence-corrected chi connectivity index (χ3v) is 4.34. The van der Waals surface area contributed by atoms with E-state index in [1.54, 1.807) is 17.4 Å². The van der Waals surface area contributed by atoms with E-state index >= 15 is 0 Å². The van der Waals surface area contributed by atoms with Crippen molar-refractivity contribution < 1.29 is 14.0 Å². The summed E-state index contributed by atoms with van der Waals surface area (Å²) in [5, 5.41) is 3.00. The molecule has 0 bridgehead atoms. The van der Waals surface area contributed by atoms with Crippen LogP contribution in [0.5, 0.6) is 0 Å². The molecule has 2 heterocycles. The molecule has 108 valence electrons. The number of rotatable bonds is 2. The van der Waals surface area contributed by atoms with Gasteiger partial charge in [-0.05, 0) is 18.9 Å². The molecule has 0 unspecified atom stereocenters. The summed E-state index contributed by atoms with van der Waals surface area (Å²) in [6.07, 6.45) is 8.33. The van der Waals surface area contributed by atoms with Crippen molar-refractivity contribution in [3.8, 4) is 0 Å². The topological polar surface area (TPSA) is 62.6 Å². The van der Waals surface area contributed by atoms with Crippen LogP contribution in [0, 0.1) is 0 Å². The Labute approximate surface area is 118 Å². The Hall–Kier alpha value is -1.78. The molecule has 1 spiro atoms. The van der Waals surface area contributed by atoms with Crippen LogP contribution in [0.4, 0.5) is 0 Å². The van der Waals surface area contributed by atoms with Gasteiger partial charge < -0.3 is 14.6 Å². The lowest BCUT2D eigenvalue weighted by Crippen LogP contribution is -2.57. The van der Waals surface area contributed by atoms with E-state index in [-0.39, 0.29) is 11.8 Å². The molecular weight excluding hydrogens is 256 g/mol. The van der Waals surface area contributed by atoms with Gasteiger partial charge in [-0.1, -0.05) is 19.3 Å². The van der Waals surface area contributed by atoms with Crippen LogP contribution in [-0.2, 0) is 16.1 Å². The lowest BCUT2D eigenvalue weighted by Gasteiger charge is -2.38. The standard InChI is InChI=1S/C15H20N2O3/c18-13-4-8-17(10-12-5-9-20-11-12)14(19)15(16-13)6-2-1-3-7-15/h5,9,11H,1-4,6-8,10H2,(H,16,18). The Morgan fingerprint density at radius 1 is 1.25 bits per heavy atom. The van der Waals surface area contributed by atoms with E-state index in [4.69, 9.17) is 4.42 Å². The number of carbonyl (C=O) groups excluding carboxylic acids is 2. The average molecular weight is 276 g/mol. The van der Waals surface area contributed by atoms with Crippen molar-refractivity contribution in [2.24, 2.45) is 0 Å². The maximum Gasteiger partial charge on any atom is 0.248 e. The minimum atomic E-state index is -0.657. The predicted molar refractivity (Wildman–Crippen MR) is 72.7 cm³/mol. The molecule has 1 saturated heterocycles. The highest BCUT2D eigenvalue weighted by Crippen LogP contribution is 2.32. The molecule has 5 nitrogen and oxygen atoms in total. The number of hydrogen-bond acceptors (Lipinski definition) is 3. The van der Waals surface area contributed by atoms with Gasteiger partial charge in [0.25, 0.3) is 0 Å². The molecule has 1 saturated carbocycles. The minimum absolute atomic E-state index is 0.00468. The Bertz CT molecular complexity index is 489. The molecule has 0 atom stereocenters. The fourth-order valence-corrected chi connectivity index (χ4v) is 3.27. The van der Waals surface area contributed by atoms with Crippen LogP contribution < -0.4 is 5.32 Å². The van der Waals surface area contributed by atoms with Crippen molar-refractivity contribution in [1.29, 1.82) is 0 Å². The van der Waals surface area contributed by atoms with E-state index in [0.717, 1.165) is 37.7 Å². The molecular formula is C15H20N2O3. The first-order valence-electron chi connectivity index (χ1n) is 7.31. The first-order chi connectivity index (χ1) is 9.70. The smallest absolute Gasteiger partial charge is 0.248 e. The Balaban J connectivity index is 1.83. The highest BCUT2D eigenvalue weighted by atomic mass is 16.3. The molecule has 20 heavy (non-hydrogen) atoms. The monoisotopic (exact) mass is 276 g/mol. The van der Waals surface area contributed by atoms with Gasteiger partial charge in [0.05, 0.1) is 12.5 Å². The molecule has 0 aromatic carbocycles. The van der Waals surface area contributed by atoms with Gasteiger partial charge in [-0.2, -0.15) is 0 Å². The lowest BCUT2D eigenvalue weighted by molar-refractivity contribution is -0.140. The second-order valence-electron chi connectivity index (χ2n) is 5.80. The molecule has 1 aromatic heterocycles.